The zero-order valence-electron chi connectivity index (χ0n) is 22.2. The smallest absolute Gasteiger partial charge is 0.220 e. The summed E-state index contributed by atoms with van der Waals surface area (Å²) in [5.74, 6) is -0.0787. The number of allylic oxidation sites excluding steroid dienone is 1. The molecule has 0 saturated carbocycles. The fraction of sp³-hybridized carbons (Fsp3) is 0.897. The molecule has 0 aromatic rings. The van der Waals surface area contributed by atoms with Crippen molar-refractivity contribution in [1.82, 2.24) is 5.32 Å². The Morgan fingerprint density at radius 3 is 1.58 bits per heavy atom. The largest absolute Gasteiger partial charge is 0.394 e. The normalized spacial score (nSPS) is 13.5. The van der Waals surface area contributed by atoms with Crippen molar-refractivity contribution < 1.29 is 15.0 Å². The van der Waals surface area contributed by atoms with E-state index in [2.05, 4.69) is 19.2 Å². The van der Waals surface area contributed by atoms with Crippen molar-refractivity contribution in [3.05, 3.63) is 12.2 Å². The summed E-state index contributed by atoms with van der Waals surface area (Å²) in [4.78, 5) is 12.0. The minimum absolute atomic E-state index is 0.0787. The second-order valence-corrected chi connectivity index (χ2v) is 9.82. The topological polar surface area (TPSA) is 69.6 Å². The molecule has 33 heavy (non-hydrogen) atoms. The highest BCUT2D eigenvalue weighted by Gasteiger charge is 2.17. The second-order valence-electron chi connectivity index (χ2n) is 9.82. The molecule has 0 saturated heterocycles. The van der Waals surface area contributed by atoms with Crippen molar-refractivity contribution in [3.63, 3.8) is 0 Å². The molecular formula is C29H57NO3. The lowest BCUT2D eigenvalue weighted by molar-refractivity contribution is -0.123. The number of aliphatic hydroxyl groups excluding tert-OH is 2. The van der Waals surface area contributed by atoms with Gasteiger partial charge in [0, 0.05) is 6.42 Å². The molecule has 196 valence electrons. The lowest BCUT2D eigenvalue weighted by atomic mass is 10.0. The number of amides is 1. The third-order valence-electron chi connectivity index (χ3n) is 6.52. The maximum Gasteiger partial charge on any atom is 0.220 e. The fourth-order valence-corrected chi connectivity index (χ4v) is 4.23. The molecule has 0 aromatic carbocycles. The van der Waals surface area contributed by atoms with Gasteiger partial charge in [0.25, 0.3) is 0 Å². The molecule has 4 nitrogen and oxygen atoms in total. The Kier molecular flexibility index (Phi) is 25.1. The first-order valence-corrected chi connectivity index (χ1v) is 14.4. The van der Waals surface area contributed by atoms with Gasteiger partial charge >= 0.3 is 0 Å². The summed E-state index contributed by atoms with van der Waals surface area (Å²) >= 11 is 0. The van der Waals surface area contributed by atoms with Gasteiger partial charge in [-0.15, -0.1) is 0 Å². The molecular weight excluding hydrogens is 410 g/mol. The molecule has 0 aromatic heterocycles. The van der Waals surface area contributed by atoms with Crippen LogP contribution in [0.4, 0.5) is 0 Å². The van der Waals surface area contributed by atoms with Gasteiger partial charge in [-0.1, -0.05) is 135 Å². The van der Waals surface area contributed by atoms with Crippen LogP contribution in [0.2, 0.25) is 0 Å². The highest BCUT2D eigenvalue weighted by molar-refractivity contribution is 5.76. The summed E-state index contributed by atoms with van der Waals surface area (Å²) < 4.78 is 0. The Labute approximate surface area is 206 Å². The van der Waals surface area contributed by atoms with E-state index in [0.717, 1.165) is 32.1 Å². The molecule has 0 radical (unpaired) electrons. The number of nitrogens with one attached hydrogen (secondary N) is 1. The average molecular weight is 468 g/mol. The Morgan fingerprint density at radius 1 is 0.697 bits per heavy atom. The van der Waals surface area contributed by atoms with Crippen molar-refractivity contribution in [2.24, 2.45) is 0 Å². The van der Waals surface area contributed by atoms with Crippen LogP contribution in [0.5, 0.6) is 0 Å². The highest BCUT2D eigenvalue weighted by atomic mass is 16.3. The van der Waals surface area contributed by atoms with Gasteiger partial charge < -0.3 is 15.5 Å². The van der Waals surface area contributed by atoms with Gasteiger partial charge in [0.1, 0.15) is 0 Å². The molecule has 0 heterocycles. The van der Waals surface area contributed by atoms with Crippen LogP contribution >= 0.6 is 0 Å². The lowest BCUT2D eigenvalue weighted by Gasteiger charge is -2.20. The van der Waals surface area contributed by atoms with Gasteiger partial charge in [-0.25, -0.2) is 0 Å². The summed E-state index contributed by atoms with van der Waals surface area (Å²) in [6, 6.07) is -0.610. The summed E-state index contributed by atoms with van der Waals surface area (Å²) in [7, 11) is 0. The van der Waals surface area contributed by atoms with E-state index in [4.69, 9.17) is 0 Å². The van der Waals surface area contributed by atoms with Crippen molar-refractivity contribution in [1.29, 1.82) is 0 Å². The van der Waals surface area contributed by atoms with E-state index in [1.807, 2.05) is 6.08 Å². The molecule has 0 aliphatic carbocycles. The van der Waals surface area contributed by atoms with Crippen LogP contribution in [0, 0.1) is 0 Å². The maximum absolute atomic E-state index is 12.0. The number of aliphatic hydroxyl groups is 2. The number of carbonyl (C=O) groups excluding carboxylic acids is 1. The van der Waals surface area contributed by atoms with Crippen LogP contribution in [0.25, 0.3) is 0 Å². The molecule has 1 amide bonds. The monoisotopic (exact) mass is 467 g/mol. The van der Waals surface area contributed by atoms with Crippen LogP contribution in [-0.4, -0.2) is 34.9 Å². The van der Waals surface area contributed by atoms with E-state index in [0.29, 0.717) is 6.42 Å². The van der Waals surface area contributed by atoms with Crippen molar-refractivity contribution in [3.8, 4) is 0 Å². The van der Waals surface area contributed by atoms with Gasteiger partial charge in [0.05, 0.1) is 18.8 Å². The molecule has 2 unspecified atom stereocenters. The summed E-state index contributed by atoms with van der Waals surface area (Å²) in [5.41, 5.74) is 0. The third-order valence-corrected chi connectivity index (χ3v) is 6.52. The zero-order chi connectivity index (χ0) is 24.4. The molecule has 0 spiro atoms. The van der Waals surface area contributed by atoms with E-state index < -0.39 is 12.1 Å². The van der Waals surface area contributed by atoms with E-state index in [9.17, 15) is 15.0 Å². The Bertz CT molecular complexity index is 439. The quantitative estimate of drug-likeness (QED) is 0.0955. The number of carbonyl (C=O) groups is 1. The summed E-state index contributed by atoms with van der Waals surface area (Å²) in [6.07, 6.45) is 28.8. The molecule has 0 rings (SSSR count). The van der Waals surface area contributed by atoms with Crippen LogP contribution in [0.15, 0.2) is 12.2 Å². The van der Waals surface area contributed by atoms with Crippen molar-refractivity contribution in [2.45, 2.75) is 161 Å². The molecule has 3 N–H and O–H groups in total. The average Bonchev–Trinajstić information content (AvgIpc) is 2.82. The Balaban J connectivity index is 3.60. The van der Waals surface area contributed by atoms with E-state index >= 15 is 0 Å². The molecule has 0 aliphatic heterocycles. The van der Waals surface area contributed by atoms with Crippen LogP contribution in [-0.2, 0) is 4.79 Å². The van der Waals surface area contributed by atoms with Crippen LogP contribution < -0.4 is 5.32 Å². The first kappa shape index (κ1) is 32.1. The Hall–Kier alpha value is -0.870. The van der Waals surface area contributed by atoms with Crippen molar-refractivity contribution >= 4 is 5.91 Å². The SMILES string of the molecule is CCCCCCCCCCCCCCCC/C=C/C(O)C(CO)NC(=O)CCCCCCC. The molecule has 0 fully saturated rings. The number of hydrogen-bond acceptors (Lipinski definition) is 3. The van der Waals surface area contributed by atoms with Gasteiger partial charge in [-0.3, -0.25) is 4.79 Å². The van der Waals surface area contributed by atoms with Gasteiger partial charge in [-0.2, -0.15) is 0 Å². The fourth-order valence-electron chi connectivity index (χ4n) is 4.23. The minimum Gasteiger partial charge on any atom is -0.394 e. The second kappa shape index (κ2) is 25.7. The minimum atomic E-state index is -0.828. The summed E-state index contributed by atoms with van der Waals surface area (Å²) in [6.45, 7) is 4.20. The molecule has 2 atom stereocenters. The maximum atomic E-state index is 12.0. The predicted octanol–water partition coefficient (Wildman–Crippen LogP) is 7.61. The molecule has 4 heteroatoms. The van der Waals surface area contributed by atoms with Crippen LogP contribution in [0.3, 0.4) is 0 Å². The first-order chi connectivity index (χ1) is 16.2. The highest BCUT2D eigenvalue weighted by Crippen LogP contribution is 2.13. The predicted molar refractivity (Wildman–Crippen MR) is 142 cm³/mol. The summed E-state index contributed by atoms with van der Waals surface area (Å²) in [5, 5.41) is 22.5. The third kappa shape index (κ3) is 22.7. The standard InChI is InChI=1S/C29H57NO3/c1-3-5-7-9-10-11-12-13-14-15-16-17-18-19-21-22-24-28(32)27(26-31)30-29(33)25-23-20-8-6-4-2/h22,24,27-28,31-32H,3-21,23,25-26H2,1-2H3,(H,30,33)/b24-22+. The number of rotatable bonds is 25. The Morgan fingerprint density at radius 2 is 1.12 bits per heavy atom. The van der Waals surface area contributed by atoms with Crippen molar-refractivity contribution in [2.75, 3.05) is 6.61 Å². The van der Waals surface area contributed by atoms with Gasteiger partial charge in [0.2, 0.25) is 5.91 Å². The number of unbranched alkanes of at least 4 members (excludes halogenated alkanes) is 18. The molecule has 0 bridgehead atoms. The van der Waals surface area contributed by atoms with Gasteiger partial charge in [0.15, 0.2) is 0 Å². The first-order valence-electron chi connectivity index (χ1n) is 14.4. The zero-order valence-corrected chi connectivity index (χ0v) is 22.2. The molecule has 0 aliphatic rings. The van der Waals surface area contributed by atoms with E-state index in [-0.39, 0.29) is 12.5 Å². The van der Waals surface area contributed by atoms with Gasteiger partial charge in [-0.05, 0) is 19.3 Å². The van der Waals surface area contributed by atoms with Crippen LogP contribution in [0.1, 0.15) is 149 Å². The van der Waals surface area contributed by atoms with E-state index in [1.54, 1.807) is 6.08 Å². The van der Waals surface area contributed by atoms with E-state index in [1.165, 1.54) is 96.3 Å². The lowest BCUT2D eigenvalue weighted by Crippen LogP contribution is -2.45. The number of hydrogen-bond donors (Lipinski definition) is 3.